The zero-order valence-corrected chi connectivity index (χ0v) is 17.3. The molecule has 9 heteroatoms. The van der Waals surface area contributed by atoms with Crippen LogP contribution in [0.25, 0.3) is 17.1 Å². The van der Waals surface area contributed by atoms with Crippen LogP contribution in [0.4, 0.5) is 4.39 Å². The Bertz CT molecular complexity index is 942. The van der Waals surface area contributed by atoms with Crippen LogP contribution in [0.15, 0.2) is 36.7 Å². The summed E-state index contributed by atoms with van der Waals surface area (Å²) in [5.74, 6) is 0.398. The molecule has 0 amide bonds. The fourth-order valence-electron chi connectivity index (χ4n) is 3.71. The van der Waals surface area contributed by atoms with Gasteiger partial charge in [0.2, 0.25) is 0 Å². The first-order valence-corrected chi connectivity index (χ1v) is 8.77. The van der Waals surface area contributed by atoms with Gasteiger partial charge in [0, 0.05) is 42.3 Å². The van der Waals surface area contributed by atoms with Gasteiger partial charge in [0.15, 0.2) is 0 Å². The summed E-state index contributed by atoms with van der Waals surface area (Å²) < 4.78 is 18.0. The summed E-state index contributed by atoms with van der Waals surface area (Å²) in [6, 6.07) is 6.94. The molecule has 0 aliphatic carbocycles. The van der Waals surface area contributed by atoms with Crippen molar-refractivity contribution in [2.45, 2.75) is 32.4 Å². The monoisotopic (exact) mass is 427 g/mol. The Morgan fingerprint density at radius 1 is 1.25 bits per heavy atom. The molecule has 2 atom stereocenters. The molecule has 0 unspecified atom stereocenters. The summed E-state index contributed by atoms with van der Waals surface area (Å²) in [6.45, 7) is 4.77. The summed E-state index contributed by atoms with van der Waals surface area (Å²) >= 11 is 0. The van der Waals surface area contributed by atoms with Gasteiger partial charge >= 0.3 is 0 Å². The number of halogens is 3. The van der Waals surface area contributed by atoms with Gasteiger partial charge in [-0.25, -0.2) is 14.1 Å². The highest BCUT2D eigenvalue weighted by atomic mass is 35.5. The lowest BCUT2D eigenvalue weighted by Crippen LogP contribution is -2.24. The third-order valence-corrected chi connectivity index (χ3v) is 4.92. The maximum absolute atomic E-state index is 14.1. The summed E-state index contributed by atoms with van der Waals surface area (Å²) in [4.78, 5) is 4.51. The average molecular weight is 428 g/mol. The molecule has 4 rings (SSSR count). The van der Waals surface area contributed by atoms with Crippen LogP contribution in [0.5, 0.6) is 0 Å². The largest absolute Gasteiger partial charge is 0.395 e. The van der Waals surface area contributed by atoms with Crippen molar-refractivity contribution in [1.82, 2.24) is 24.6 Å². The van der Waals surface area contributed by atoms with Crippen molar-refractivity contribution in [3.63, 3.8) is 0 Å². The molecule has 152 valence electrons. The van der Waals surface area contributed by atoms with Gasteiger partial charge in [0.05, 0.1) is 18.0 Å². The van der Waals surface area contributed by atoms with Gasteiger partial charge in [-0.05, 0) is 44.5 Å². The number of benzene rings is 1. The number of aliphatic hydroxyl groups is 1. The molecule has 1 saturated heterocycles. The number of aromatic nitrogens is 4. The van der Waals surface area contributed by atoms with E-state index in [9.17, 15) is 9.50 Å². The maximum atomic E-state index is 14.1. The summed E-state index contributed by atoms with van der Waals surface area (Å²) in [5, 5.41) is 17.2. The van der Waals surface area contributed by atoms with Crippen LogP contribution in [0.2, 0.25) is 0 Å². The fraction of sp³-hybridized carbons (Fsp3) is 0.368. The smallest absolute Gasteiger partial charge is 0.142 e. The van der Waals surface area contributed by atoms with Gasteiger partial charge in [-0.2, -0.15) is 5.10 Å². The van der Waals surface area contributed by atoms with Crippen molar-refractivity contribution in [3.05, 3.63) is 53.9 Å². The predicted octanol–water partition coefficient (Wildman–Crippen LogP) is 3.23. The standard InChI is InChI=1S/C19H22FN5O.2ClH/c1-12-7-13(2)25(23-12)18-4-3-14(20)8-17(18)19-21-5-6-24(19)16-9-15(11-26)22-10-16;;/h3-8,15-16,22,26H,9-11H2,1-2H3;2*1H/t15-,16+;;/m1../s1. The second-order valence-electron chi connectivity index (χ2n) is 6.84. The van der Waals surface area contributed by atoms with Crippen LogP contribution >= 0.6 is 24.8 Å². The second kappa shape index (κ2) is 9.05. The Hall–Kier alpha value is -1.93. The Kier molecular flexibility index (Phi) is 7.22. The SMILES string of the molecule is Cc1cc(C)n(-c2ccc(F)cc2-c2nccn2[C@@H]2CN[C@@H](CO)C2)n1.Cl.Cl. The number of nitrogens with zero attached hydrogens (tertiary/aromatic N) is 4. The topological polar surface area (TPSA) is 67.9 Å². The van der Waals surface area contributed by atoms with Crippen LogP contribution in [-0.2, 0) is 0 Å². The highest BCUT2D eigenvalue weighted by Gasteiger charge is 2.27. The Balaban J connectivity index is 0.00000140. The first-order chi connectivity index (χ1) is 12.6. The minimum Gasteiger partial charge on any atom is -0.395 e. The Labute approximate surface area is 175 Å². The molecule has 6 nitrogen and oxygen atoms in total. The molecular formula is C19H24Cl2FN5O. The van der Waals surface area contributed by atoms with E-state index in [2.05, 4.69) is 20.0 Å². The first kappa shape index (κ1) is 22.4. The van der Waals surface area contributed by atoms with E-state index in [1.165, 1.54) is 12.1 Å². The fourth-order valence-corrected chi connectivity index (χ4v) is 3.71. The summed E-state index contributed by atoms with van der Waals surface area (Å²) in [7, 11) is 0. The minimum atomic E-state index is -0.308. The molecule has 1 aliphatic rings. The van der Waals surface area contributed by atoms with E-state index >= 15 is 0 Å². The number of imidazole rings is 1. The van der Waals surface area contributed by atoms with Crippen LogP contribution < -0.4 is 5.32 Å². The molecule has 0 radical (unpaired) electrons. The van der Waals surface area contributed by atoms with Gasteiger partial charge in [-0.1, -0.05) is 0 Å². The van der Waals surface area contributed by atoms with E-state index in [-0.39, 0.29) is 49.3 Å². The minimum absolute atomic E-state index is 0. The summed E-state index contributed by atoms with van der Waals surface area (Å²) in [5.41, 5.74) is 3.39. The maximum Gasteiger partial charge on any atom is 0.142 e. The molecule has 3 aromatic rings. The zero-order valence-electron chi connectivity index (χ0n) is 15.7. The molecule has 1 aromatic carbocycles. The third-order valence-electron chi connectivity index (χ3n) is 4.92. The van der Waals surface area contributed by atoms with Crippen molar-refractivity contribution in [1.29, 1.82) is 0 Å². The third kappa shape index (κ3) is 4.07. The van der Waals surface area contributed by atoms with Crippen molar-refractivity contribution < 1.29 is 9.50 Å². The van der Waals surface area contributed by atoms with Crippen LogP contribution in [0, 0.1) is 19.7 Å². The number of aryl methyl sites for hydroxylation is 2. The molecule has 2 aromatic heterocycles. The Morgan fingerprint density at radius 2 is 2.04 bits per heavy atom. The van der Waals surface area contributed by atoms with E-state index in [1.807, 2.05) is 30.8 Å². The normalized spacial score (nSPS) is 18.6. The molecule has 1 fully saturated rings. The molecule has 3 heterocycles. The lowest BCUT2D eigenvalue weighted by Gasteiger charge is -2.17. The van der Waals surface area contributed by atoms with Gasteiger partial charge in [0.25, 0.3) is 0 Å². The molecule has 0 spiro atoms. The number of hydrogen-bond donors (Lipinski definition) is 2. The number of aliphatic hydroxyl groups excluding tert-OH is 1. The number of rotatable bonds is 4. The lowest BCUT2D eigenvalue weighted by molar-refractivity contribution is 0.253. The molecule has 0 bridgehead atoms. The molecule has 1 aliphatic heterocycles. The zero-order chi connectivity index (χ0) is 18.3. The van der Waals surface area contributed by atoms with E-state index in [4.69, 9.17) is 0 Å². The number of nitrogens with one attached hydrogen (secondary N) is 1. The lowest BCUT2D eigenvalue weighted by atomic mass is 10.1. The van der Waals surface area contributed by atoms with Gasteiger partial charge in [-0.3, -0.25) is 0 Å². The highest BCUT2D eigenvalue weighted by Crippen LogP contribution is 2.31. The van der Waals surface area contributed by atoms with Crippen LogP contribution in [0.3, 0.4) is 0 Å². The van der Waals surface area contributed by atoms with Crippen molar-refractivity contribution >= 4 is 24.8 Å². The van der Waals surface area contributed by atoms with Crippen LogP contribution in [-0.4, -0.2) is 43.6 Å². The second-order valence-corrected chi connectivity index (χ2v) is 6.84. The first-order valence-electron chi connectivity index (χ1n) is 8.77. The van der Waals surface area contributed by atoms with Crippen LogP contribution in [0.1, 0.15) is 23.9 Å². The summed E-state index contributed by atoms with van der Waals surface area (Å²) in [6.07, 6.45) is 4.46. The van der Waals surface area contributed by atoms with Gasteiger partial charge < -0.3 is 15.0 Å². The van der Waals surface area contributed by atoms with E-state index in [1.54, 1.807) is 12.3 Å². The molecule has 28 heavy (non-hydrogen) atoms. The highest BCUT2D eigenvalue weighted by molar-refractivity contribution is 5.85. The number of hydrogen-bond acceptors (Lipinski definition) is 4. The Morgan fingerprint density at radius 3 is 2.68 bits per heavy atom. The molecule has 2 N–H and O–H groups in total. The average Bonchev–Trinajstić information content (AvgIpc) is 3.33. The van der Waals surface area contributed by atoms with E-state index < -0.39 is 0 Å². The van der Waals surface area contributed by atoms with Crippen molar-refractivity contribution in [2.24, 2.45) is 0 Å². The van der Waals surface area contributed by atoms with E-state index in [0.29, 0.717) is 11.4 Å². The quantitative estimate of drug-likeness (QED) is 0.670. The van der Waals surface area contributed by atoms with Crippen molar-refractivity contribution in [3.8, 4) is 17.1 Å². The predicted molar refractivity (Wildman–Crippen MR) is 111 cm³/mol. The van der Waals surface area contributed by atoms with Crippen molar-refractivity contribution in [2.75, 3.05) is 13.2 Å². The van der Waals surface area contributed by atoms with E-state index in [0.717, 1.165) is 30.0 Å². The molecule has 0 saturated carbocycles. The van der Waals surface area contributed by atoms with Gasteiger partial charge in [0.1, 0.15) is 11.6 Å². The molecular weight excluding hydrogens is 404 g/mol. The van der Waals surface area contributed by atoms with Gasteiger partial charge in [-0.15, -0.1) is 24.8 Å².